The third-order valence-corrected chi connectivity index (χ3v) is 12.9. The Labute approximate surface area is 298 Å². The van der Waals surface area contributed by atoms with Gasteiger partial charge in [0.2, 0.25) is 14.3 Å². The van der Waals surface area contributed by atoms with Crippen LogP contribution in [0.4, 0.5) is 21.2 Å². The van der Waals surface area contributed by atoms with Crippen molar-refractivity contribution in [3.8, 4) is 5.75 Å². The van der Waals surface area contributed by atoms with Crippen molar-refractivity contribution < 1.29 is 33.1 Å². The van der Waals surface area contributed by atoms with Gasteiger partial charge in [-0.2, -0.15) is 0 Å². The lowest BCUT2D eigenvalue weighted by Crippen LogP contribution is -2.45. The molecule has 4 aromatic carbocycles. The SMILES string of the molecule is C[C@@H]1[C@@H]([Si](C)(C)F)[C@H](CC(=O)N(CCO)Cc2ccccc2)O[C@@]12C(=O)N(Cc1ccc(N3C(=O)COc4ccccc43)cc1)c1ccccc12. The lowest BCUT2D eigenvalue weighted by atomic mass is 9.82. The number of hydrogen-bond donors (Lipinski definition) is 1. The topological polar surface area (TPSA) is 99.6 Å². The molecule has 3 amide bonds. The maximum atomic E-state index is 16.4. The highest BCUT2D eigenvalue weighted by Crippen LogP contribution is 2.60. The van der Waals surface area contributed by atoms with E-state index in [1.54, 1.807) is 27.8 Å². The highest BCUT2D eigenvalue weighted by molar-refractivity contribution is 6.72. The summed E-state index contributed by atoms with van der Waals surface area (Å²) in [4.78, 5) is 46.4. The van der Waals surface area contributed by atoms with Gasteiger partial charge in [0.15, 0.2) is 12.2 Å². The van der Waals surface area contributed by atoms with Gasteiger partial charge in [-0.25, -0.2) is 0 Å². The number of amides is 3. The molecule has 0 radical (unpaired) electrons. The Balaban J connectivity index is 1.16. The van der Waals surface area contributed by atoms with Crippen LogP contribution in [0.2, 0.25) is 18.6 Å². The number of halogens is 1. The summed E-state index contributed by atoms with van der Waals surface area (Å²) in [7, 11) is -3.50. The lowest BCUT2D eigenvalue weighted by molar-refractivity contribution is -0.150. The first-order valence-corrected chi connectivity index (χ1v) is 20.3. The van der Waals surface area contributed by atoms with Crippen molar-refractivity contribution in [2.24, 2.45) is 5.92 Å². The number of ether oxygens (including phenoxy) is 2. The minimum atomic E-state index is -3.50. The number of fused-ring (bicyclic) bond motifs is 3. The number of para-hydroxylation sites is 3. The van der Waals surface area contributed by atoms with E-state index in [0.717, 1.165) is 11.1 Å². The smallest absolute Gasteiger partial charge is 0.269 e. The number of aliphatic hydroxyl groups is 1. The molecule has 3 aliphatic rings. The maximum absolute atomic E-state index is 16.4. The predicted octanol–water partition coefficient (Wildman–Crippen LogP) is 6.48. The minimum absolute atomic E-state index is 0.0588. The summed E-state index contributed by atoms with van der Waals surface area (Å²) in [5.41, 5.74) is 2.36. The average Bonchev–Trinajstić information content (AvgIpc) is 3.55. The summed E-state index contributed by atoms with van der Waals surface area (Å²) in [6.07, 6.45) is -0.939. The molecule has 0 unspecified atom stereocenters. The Bertz CT molecular complexity index is 1940. The maximum Gasteiger partial charge on any atom is 0.269 e. The van der Waals surface area contributed by atoms with Crippen LogP contribution in [-0.4, -0.2) is 62.0 Å². The van der Waals surface area contributed by atoms with Crippen LogP contribution in [0.5, 0.6) is 5.75 Å². The van der Waals surface area contributed by atoms with Gasteiger partial charge >= 0.3 is 0 Å². The van der Waals surface area contributed by atoms with Gasteiger partial charge in [-0.05, 0) is 54.6 Å². The second-order valence-electron chi connectivity index (χ2n) is 14.1. The first-order chi connectivity index (χ1) is 24.5. The van der Waals surface area contributed by atoms with Crippen LogP contribution in [0, 0.1) is 5.92 Å². The third-order valence-electron chi connectivity index (χ3n) is 10.4. The van der Waals surface area contributed by atoms with Crippen molar-refractivity contribution in [3.05, 3.63) is 120 Å². The molecule has 4 atom stereocenters. The van der Waals surface area contributed by atoms with E-state index in [1.807, 2.05) is 110 Å². The quantitative estimate of drug-likeness (QED) is 0.150. The Morgan fingerprint density at radius 3 is 2.29 bits per heavy atom. The van der Waals surface area contributed by atoms with Gasteiger partial charge in [-0.1, -0.05) is 79.7 Å². The number of carbonyl (C=O) groups is 3. The zero-order chi connectivity index (χ0) is 35.9. The molecule has 0 aromatic heterocycles. The fourth-order valence-corrected chi connectivity index (χ4v) is 10.7. The monoisotopic (exact) mass is 707 g/mol. The van der Waals surface area contributed by atoms with Crippen LogP contribution in [0.15, 0.2) is 103 Å². The summed E-state index contributed by atoms with van der Waals surface area (Å²) in [5, 5.41) is 9.79. The molecule has 0 saturated carbocycles. The molecule has 1 fully saturated rings. The summed E-state index contributed by atoms with van der Waals surface area (Å²) in [6, 6.07) is 31.9. The van der Waals surface area contributed by atoms with Crippen LogP contribution in [0.1, 0.15) is 30.0 Å². The second kappa shape index (κ2) is 13.7. The van der Waals surface area contributed by atoms with E-state index in [0.29, 0.717) is 34.9 Å². The number of rotatable bonds is 10. The van der Waals surface area contributed by atoms with Gasteiger partial charge in [0.1, 0.15) is 5.75 Å². The zero-order valence-electron chi connectivity index (χ0n) is 29.0. The molecule has 11 heteroatoms. The van der Waals surface area contributed by atoms with E-state index >= 15 is 4.11 Å². The van der Waals surface area contributed by atoms with Crippen LogP contribution in [0.3, 0.4) is 0 Å². The molecule has 9 nitrogen and oxygen atoms in total. The Morgan fingerprint density at radius 2 is 1.59 bits per heavy atom. The Hall–Kier alpha value is -4.84. The largest absolute Gasteiger partial charge is 0.482 e. The van der Waals surface area contributed by atoms with Crippen LogP contribution >= 0.6 is 0 Å². The highest BCUT2D eigenvalue weighted by atomic mass is 28.4. The summed E-state index contributed by atoms with van der Waals surface area (Å²) >= 11 is 0. The molecule has 264 valence electrons. The van der Waals surface area contributed by atoms with Crippen molar-refractivity contribution in [2.75, 3.05) is 29.6 Å². The fourth-order valence-electron chi connectivity index (χ4n) is 8.19. The van der Waals surface area contributed by atoms with Crippen LogP contribution < -0.4 is 14.5 Å². The van der Waals surface area contributed by atoms with Crippen molar-refractivity contribution in [1.29, 1.82) is 0 Å². The van der Waals surface area contributed by atoms with E-state index in [1.165, 1.54) is 0 Å². The van der Waals surface area contributed by atoms with E-state index in [9.17, 15) is 19.5 Å². The van der Waals surface area contributed by atoms with Crippen molar-refractivity contribution in [3.63, 3.8) is 0 Å². The number of aliphatic hydroxyl groups excluding tert-OH is 1. The van der Waals surface area contributed by atoms with Crippen molar-refractivity contribution in [2.45, 2.75) is 56.8 Å². The molecule has 7 rings (SSSR count). The van der Waals surface area contributed by atoms with E-state index < -0.39 is 31.6 Å². The number of nitrogens with zero attached hydrogens (tertiary/aromatic N) is 3. The standard InChI is InChI=1S/C40H42FN3O6Si/c1-27-38(51(2,3)41)35(23-36(46)42(21-22-45)24-28-11-5-4-6-12-28)50-40(27)31-13-7-8-14-32(31)43(39(40)48)25-29-17-19-30(20-18-29)44-33-15-9-10-16-34(33)49-26-37(44)47/h4-20,27,35,38,45H,21-26H2,1-3H3/t27-,35+,38-,40+/m1/s1. The molecule has 3 heterocycles. The van der Waals surface area contributed by atoms with Gasteiger partial charge in [0.25, 0.3) is 11.8 Å². The fraction of sp³-hybridized carbons (Fsp3) is 0.325. The lowest BCUT2D eigenvalue weighted by Gasteiger charge is -2.31. The van der Waals surface area contributed by atoms with Gasteiger partial charge in [-0.15, -0.1) is 0 Å². The van der Waals surface area contributed by atoms with E-state index in [2.05, 4.69) is 0 Å². The molecule has 0 bridgehead atoms. The minimum Gasteiger partial charge on any atom is -0.482 e. The first-order valence-electron chi connectivity index (χ1n) is 17.4. The highest BCUT2D eigenvalue weighted by Gasteiger charge is 2.67. The molecule has 1 N–H and O–H groups in total. The van der Waals surface area contributed by atoms with Crippen LogP contribution in [0.25, 0.3) is 0 Å². The van der Waals surface area contributed by atoms with Gasteiger partial charge < -0.3 is 28.5 Å². The third kappa shape index (κ3) is 6.23. The molecule has 1 spiro atoms. The summed E-state index contributed by atoms with van der Waals surface area (Å²) < 4.78 is 28.8. The average molecular weight is 708 g/mol. The molecular formula is C40H42FN3O6Si. The van der Waals surface area contributed by atoms with Gasteiger partial charge in [0.05, 0.1) is 37.1 Å². The molecule has 1 saturated heterocycles. The number of anilines is 3. The number of carbonyl (C=O) groups excluding carboxylic acids is 3. The van der Waals surface area contributed by atoms with Gasteiger partial charge in [-0.3, -0.25) is 19.3 Å². The summed E-state index contributed by atoms with van der Waals surface area (Å²) in [5.74, 6) is -0.641. The van der Waals surface area contributed by atoms with Crippen LogP contribution in [-0.2, 0) is 37.8 Å². The van der Waals surface area contributed by atoms with Crippen molar-refractivity contribution >= 4 is 43.2 Å². The Morgan fingerprint density at radius 1 is 0.922 bits per heavy atom. The van der Waals surface area contributed by atoms with Crippen molar-refractivity contribution in [1.82, 2.24) is 4.90 Å². The van der Waals surface area contributed by atoms with E-state index in [-0.39, 0.29) is 50.4 Å². The molecule has 4 aromatic rings. The first kappa shape index (κ1) is 34.6. The van der Waals surface area contributed by atoms with Gasteiger partial charge in [0, 0.05) is 35.8 Å². The Kier molecular flexibility index (Phi) is 9.30. The predicted molar refractivity (Wildman–Crippen MR) is 195 cm³/mol. The molecule has 51 heavy (non-hydrogen) atoms. The summed E-state index contributed by atoms with van der Waals surface area (Å²) in [6.45, 7) is 5.50. The number of hydrogen-bond acceptors (Lipinski definition) is 6. The molecule has 3 aliphatic heterocycles. The van der Waals surface area contributed by atoms with E-state index in [4.69, 9.17) is 9.47 Å². The molecule has 0 aliphatic carbocycles. The second-order valence-corrected chi connectivity index (χ2v) is 17.9. The molecular weight excluding hydrogens is 666 g/mol. The normalized spacial score (nSPS) is 22.6. The number of benzene rings is 4. The zero-order valence-corrected chi connectivity index (χ0v) is 30.0.